The Hall–Kier alpha value is -0.0800. The minimum Gasteiger partial charge on any atom is -0.311 e. The number of nitrogens with one attached hydrogen (secondary N) is 1. The first-order valence-corrected chi connectivity index (χ1v) is 9.32. The van der Waals surface area contributed by atoms with Crippen LogP contribution in [0, 0.1) is 17.3 Å². The molecule has 2 unspecified atom stereocenters. The van der Waals surface area contributed by atoms with Crippen molar-refractivity contribution in [2.24, 2.45) is 17.3 Å². The van der Waals surface area contributed by atoms with Crippen LogP contribution in [-0.4, -0.2) is 36.1 Å². The first-order chi connectivity index (χ1) is 9.82. The highest BCUT2D eigenvalue weighted by Gasteiger charge is 2.39. The van der Waals surface area contributed by atoms with Gasteiger partial charge in [-0.2, -0.15) is 0 Å². The summed E-state index contributed by atoms with van der Waals surface area (Å²) >= 11 is 0. The lowest BCUT2D eigenvalue weighted by molar-refractivity contribution is 0.0108. The maximum Gasteiger partial charge on any atom is 0.0247 e. The average Bonchev–Trinajstić information content (AvgIpc) is 2.45. The van der Waals surface area contributed by atoms with Crippen LogP contribution in [0.1, 0.15) is 73.6 Å². The Labute approximate surface area is 133 Å². The van der Waals surface area contributed by atoms with Crippen LogP contribution >= 0.6 is 0 Å². The molecule has 0 spiro atoms. The minimum atomic E-state index is 0.362. The summed E-state index contributed by atoms with van der Waals surface area (Å²) in [6.07, 6.45) is 7.15. The molecule has 2 rings (SSSR count). The predicted molar refractivity (Wildman–Crippen MR) is 92.6 cm³/mol. The summed E-state index contributed by atoms with van der Waals surface area (Å²) in [6.45, 7) is 16.7. The molecule has 0 aromatic carbocycles. The molecule has 1 saturated carbocycles. The highest BCUT2D eigenvalue weighted by Crippen LogP contribution is 2.34. The van der Waals surface area contributed by atoms with Crippen LogP contribution in [0.2, 0.25) is 0 Å². The maximum absolute atomic E-state index is 3.84. The van der Waals surface area contributed by atoms with Crippen LogP contribution in [0.5, 0.6) is 0 Å². The van der Waals surface area contributed by atoms with E-state index >= 15 is 0 Å². The van der Waals surface area contributed by atoms with Crippen molar-refractivity contribution in [1.29, 1.82) is 0 Å². The molecule has 1 N–H and O–H groups in total. The molecular weight excluding hydrogens is 256 g/mol. The van der Waals surface area contributed by atoms with E-state index in [-0.39, 0.29) is 0 Å². The summed E-state index contributed by atoms with van der Waals surface area (Å²) in [5.74, 6) is 1.75. The smallest absolute Gasteiger partial charge is 0.0247 e. The van der Waals surface area contributed by atoms with E-state index < -0.39 is 0 Å². The fourth-order valence-corrected chi connectivity index (χ4v) is 4.29. The number of hydrogen-bond donors (Lipinski definition) is 1. The van der Waals surface area contributed by atoms with E-state index in [1.165, 1.54) is 45.2 Å². The SMILES string of the molecule is CCC1CCC(N2CC(C(C)(C)C)NCC2C(C)C)CC1. The molecule has 0 amide bonds. The van der Waals surface area contributed by atoms with Gasteiger partial charge >= 0.3 is 0 Å². The molecule has 2 heteroatoms. The highest BCUT2D eigenvalue weighted by atomic mass is 15.3. The van der Waals surface area contributed by atoms with Crippen molar-refractivity contribution >= 4 is 0 Å². The first-order valence-electron chi connectivity index (χ1n) is 9.32. The van der Waals surface area contributed by atoms with Gasteiger partial charge in [0.1, 0.15) is 0 Å². The second-order valence-electron chi connectivity index (χ2n) is 8.92. The van der Waals surface area contributed by atoms with Gasteiger partial charge < -0.3 is 5.32 Å². The van der Waals surface area contributed by atoms with Crippen molar-refractivity contribution in [1.82, 2.24) is 10.2 Å². The Morgan fingerprint density at radius 1 is 1.10 bits per heavy atom. The van der Waals surface area contributed by atoms with Gasteiger partial charge in [-0.25, -0.2) is 0 Å². The largest absolute Gasteiger partial charge is 0.311 e. The van der Waals surface area contributed by atoms with E-state index in [9.17, 15) is 0 Å². The van der Waals surface area contributed by atoms with Gasteiger partial charge in [-0.05, 0) is 42.9 Å². The molecule has 0 radical (unpaired) electrons. The van der Waals surface area contributed by atoms with E-state index in [0.717, 1.165) is 23.9 Å². The Morgan fingerprint density at radius 3 is 2.19 bits per heavy atom. The van der Waals surface area contributed by atoms with E-state index in [2.05, 4.69) is 51.8 Å². The minimum absolute atomic E-state index is 0.362. The van der Waals surface area contributed by atoms with Crippen molar-refractivity contribution in [3.8, 4) is 0 Å². The number of piperazine rings is 1. The molecule has 1 aliphatic carbocycles. The third-order valence-electron chi connectivity index (χ3n) is 6.07. The molecule has 1 heterocycles. The molecule has 21 heavy (non-hydrogen) atoms. The third-order valence-corrected chi connectivity index (χ3v) is 6.07. The van der Waals surface area contributed by atoms with Crippen molar-refractivity contribution in [2.75, 3.05) is 13.1 Å². The molecule has 1 aliphatic heterocycles. The Kier molecular flexibility index (Phi) is 5.76. The van der Waals surface area contributed by atoms with Crippen LogP contribution in [0.4, 0.5) is 0 Å². The zero-order valence-corrected chi connectivity index (χ0v) is 15.3. The number of hydrogen-bond acceptors (Lipinski definition) is 2. The molecule has 2 atom stereocenters. The molecule has 124 valence electrons. The van der Waals surface area contributed by atoms with Gasteiger partial charge in [0, 0.05) is 31.2 Å². The summed E-state index contributed by atoms with van der Waals surface area (Å²) in [7, 11) is 0. The van der Waals surface area contributed by atoms with E-state index in [4.69, 9.17) is 0 Å². The van der Waals surface area contributed by atoms with Crippen molar-refractivity contribution in [2.45, 2.75) is 91.8 Å². The highest BCUT2D eigenvalue weighted by molar-refractivity contribution is 4.96. The van der Waals surface area contributed by atoms with E-state index in [1.807, 2.05) is 0 Å². The fourth-order valence-electron chi connectivity index (χ4n) is 4.29. The maximum atomic E-state index is 3.84. The van der Waals surface area contributed by atoms with Crippen LogP contribution < -0.4 is 5.32 Å². The second-order valence-corrected chi connectivity index (χ2v) is 8.92. The summed E-state index contributed by atoms with van der Waals surface area (Å²) in [5.41, 5.74) is 0.362. The molecular formula is C19H38N2. The van der Waals surface area contributed by atoms with Crippen molar-refractivity contribution in [3.63, 3.8) is 0 Å². The van der Waals surface area contributed by atoms with Gasteiger partial charge in [-0.1, -0.05) is 48.0 Å². The Bertz CT molecular complexity index is 310. The molecule has 1 saturated heterocycles. The van der Waals surface area contributed by atoms with Crippen molar-refractivity contribution in [3.05, 3.63) is 0 Å². The van der Waals surface area contributed by atoms with Gasteiger partial charge in [0.05, 0.1) is 0 Å². The summed E-state index contributed by atoms with van der Waals surface area (Å²) in [6, 6.07) is 2.20. The lowest BCUT2D eigenvalue weighted by Crippen LogP contribution is -2.64. The van der Waals surface area contributed by atoms with Crippen LogP contribution in [-0.2, 0) is 0 Å². The first kappa shape index (κ1) is 17.3. The third kappa shape index (κ3) is 4.22. The molecule has 0 aromatic rings. The van der Waals surface area contributed by atoms with Gasteiger partial charge in [0.25, 0.3) is 0 Å². The number of nitrogens with zero attached hydrogens (tertiary/aromatic N) is 1. The van der Waals surface area contributed by atoms with E-state index in [1.54, 1.807) is 0 Å². The predicted octanol–water partition coefficient (Wildman–Crippen LogP) is 4.30. The molecule has 0 bridgehead atoms. The molecule has 0 aromatic heterocycles. The van der Waals surface area contributed by atoms with E-state index in [0.29, 0.717) is 11.5 Å². The normalized spacial score (nSPS) is 36.1. The topological polar surface area (TPSA) is 15.3 Å². The summed E-state index contributed by atoms with van der Waals surface area (Å²) in [5, 5.41) is 3.84. The molecule has 2 nitrogen and oxygen atoms in total. The van der Waals surface area contributed by atoms with Crippen molar-refractivity contribution < 1.29 is 0 Å². The Balaban J connectivity index is 2.04. The zero-order valence-electron chi connectivity index (χ0n) is 15.3. The van der Waals surface area contributed by atoms with Gasteiger partial charge in [0.15, 0.2) is 0 Å². The van der Waals surface area contributed by atoms with Crippen LogP contribution in [0.15, 0.2) is 0 Å². The lowest BCUT2D eigenvalue weighted by Gasteiger charge is -2.50. The van der Waals surface area contributed by atoms with Crippen LogP contribution in [0.3, 0.4) is 0 Å². The van der Waals surface area contributed by atoms with Gasteiger partial charge in [0.2, 0.25) is 0 Å². The summed E-state index contributed by atoms with van der Waals surface area (Å²) in [4.78, 5) is 2.89. The fraction of sp³-hybridized carbons (Fsp3) is 1.00. The van der Waals surface area contributed by atoms with Gasteiger partial charge in [-0.15, -0.1) is 0 Å². The molecule has 2 aliphatic rings. The standard InChI is InChI=1S/C19H38N2/c1-7-15-8-10-16(11-9-15)21-13-18(19(4,5)6)20-12-17(21)14(2)3/h14-18,20H,7-13H2,1-6H3. The lowest BCUT2D eigenvalue weighted by atomic mass is 9.79. The Morgan fingerprint density at radius 2 is 1.71 bits per heavy atom. The number of rotatable bonds is 3. The van der Waals surface area contributed by atoms with Crippen LogP contribution in [0.25, 0.3) is 0 Å². The molecule has 2 fully saturated rings. The summed E-state index contributed by atoms with van der Waals surface area (Å²) < 4.78 is 0. The quantitative estimate of drug-likeness (QED) is 0.835. The zero-order chi connectivity index (χ0) is 15.6. The average molecular weight is 295 g/mol. The monoisotopic (exact) mass is 294 g/mol. The van der Waals surface area contributed by atoms with Gasteiger partial charge in [-0.3, -0.25) is 4.90 Å². The second kappa shape index (κ2) is 7.00.